The fourth-order valence-electron chi connectivity index (χ4n) is 2.71. The molecule has 0 saturated heterocycles. The molecule has 4 rings (SSSR count). The number of rotatable bonds is 3. The molecule has 3 aromatic heterocycles. The number of hydrogen-bond acceptors (Lipinski definition) is 4. The first kappa shape index (κ1) is 16.4. The van der Waals surface area contributed by atoms with Crippen molar-refractivity contribution >= 4 is 34.4 Å². The number of fused-ring (bicyclic) bond motifs is 1. The van der Waals surface area contributed by atoms with Crippen LogP contribution in [0, 0.1) is 13.8 Å². The first-order chi connectivity index (χ1) is 12.5. The molecule has 130 valence electrons. The number of nitrogens with one attached hydrogen (secondary N) is 2. The number of aryl methyl sites for hydroxylation is 2. The lowest BCUT2D eigenvalue weighted by Crippen LogP contribution is -2.12. The molecule has 0 unspecified atom stereocenters. The van der Waals surface area contributed by atoms with Crippen LogP contribution in [0.1, 0.15) is 21.7 Å². The van der Waals surface area contributed by atoms with Crippen molar-refractivity contribution in [3.8, 4) is 11.4 Å². The summed E-state index contributed by atoms with van der Waals surface area (Å²) in [6, 6.07) is 8.92. The quantitative estimate of drug-likeness (QED) is 0.548. The largest absolute Gasteiger partial charge is 0.459 e. The Bertz CT molecular complexity index is 1130. The van der Waals surface area contributed by atoms with Crippen molar-refractivity contribution in [2.45, 2.75) is 13.8 Å². The van der Waals surface area contributed by atoms with Gasteiger partial charge in [0.15, 0.2) is 11.4 Å². The lowest BCUT2D eigenvalue weighted by molar-refractivity contribution is 0.0996. The van der Waals surface area contributed by atoms with Crippen molar-refractivity contribution < 1.29 is 9.21 Å². The average molecular weight is 367 g/mol. The number of anilines is 1. The molecule has 0 atom stereocenters. The summed E-state index contributed by atoms with van der Waals surface area (Å²) in [6.45, 7) is 3.78. The Hall–Kier alpha value is -3.12. The van der Waals surface area contributed by atoms with E-state index < -0.39 is 0 Å². The van der Waals surface area contributed by atoms with Gasteiger partial charge in [-0.1, -0.05) is 11.6 Å². The number of aromatic nitrogens is 3. The maximum Gasteiger partial charge on any atom is 0.291 e. The minimum absolute atomic E-state index is 0.282. The highest BCUT2D eigenvalue weighted by molar-refractivity contribution is 6.33. The highest BCUT2D eigenvalue weighted by Gasteiger charge is 2.15. The van der Waals surface area contributed by atoms with Gasteiger partial charge >= 0.3 is 0 Å². The standard InChI is InChI=1S/C19H15ClN4O2/c1-10-7-15-18(21-9-10)24-17(23-15)13-8-12(3-4-14(13)20)22-19(25)16-11(2)5-6-26-16/h3-9H,1-2H3,(H,22,25)(H,21,23,24). The highest BCUT2D eigenvalue weighted by atomic mass is 35.5. The first-order valence-electron chi connectivity index (χ1n) is 7.99. The Kier molecular flexibility index (Phi) is 3.97. The number of benzene rings is 1. The normalized spacial score (nSPS) is 11.0. The van der Waals surface area contributed by atoms with Crippen LogP contribution in [-0.2, 0) is 0 Å². The van der Waals surface area contributed by atoms with Gasteiger partial charge < -0.3 is 14.7 Å². The van der Waals surface area contributed by atoms with Gasteiger partial charge in [0.2, 0.25) is 0 Å². The van der Waals surface area contributed by atoms with E-state index in [9.17, 15) is 4.79 Å². The first-order valence-corrected chi connectivity index (χ1v) is 8.37. The summed E-state index contributed by atoms with van der Waals surface area (Å²) in [5, 5.41) is 3.34. The Morgan fingerprint density at radius 3 is 2.85 bits per heavy atom. The summed E-state index contributed by atoms with van der Waals surface area (Å²) in [4.78, 5) is 24.3. The SMILES string of the molecule is Cc1cnc2nc(-c3cc(NC(=O)c4occc4C)ccc3Cl)[nH]c2c1. The second-order valence-electron chi connectivity index (χ2n) is 6.05. The van der Waals surface area contributed by atoms with Gasteiger partial charge in [-0.3, -0.25) is 4.79 Å². The lowest BCUT2D eigenvalue weighted by Gasteiger charge is -2.07. The van der Waals surface area contributed by atoms with E-state index in [4.69, 9.17) is 16.0 Å². The molecule has 7 heteroatoms. The molecule has 0 aliphatic heterocycles. The van der Waals surface area contributed by atoms with Crippen molar-refractivity contribution in [1.29, 1.82) is 0 Å². The number of carbonyl (C=O) groups is 1. The van der Waals surface area contributed by atoms with E-state index in [0.29, 0.717) is 27.7 Å². The van der Waals surface area contributed by atoms with Crippen LogP contribution in [0.5, 0.6) is 0 Å². The van der Waals surface area contributed by atoms with Crippen molar-refractivity contribution in [2.24, 2.45) is 0 Å². The third-order valence-corrected chi connectivity index (χ3v) is 4.35. The Balaban J connectivity index is 1.69. The van der Waals surface area contributed by atoms with E-state index in [0.717, 1.165) is 16.6 Å². The van der Waals surface area contributed by atoms with E-state index in [2.05, 4.69) is 20.3 Å². The summed E-state index contributed by atoms with van der Waals surface area (Å²) in [6.07, 6.45) is 3.25. The molecular formula is C19H15ClN4O2. The van der Waals surface area contributed by atoms with Gasteiger partial charge in [-0.2, -0.15) is 0 Å². The molecule has 0 spiro atoms. The molecule has 1 aromatic carbocycles. The molecule has 1 amide bonds. The van der Waals surface area contributed by atoms with E-state index in [1.54, 1.807) is 30.5 Å². The minimum Gasteiger partial charge on any atom is -0.459 e. The maximum absolute atomic E-state index is 12.3. The molecule has 3 heterocycles. The molecule has 6 nitrogen and oxygen atoms in total. The zero-order valence-electron chi connectivity index (χ0n) is 14.1. The van der Waals surface area contributed by atoms with Crippen LogP contribution >= 0.6 is 11.6 Å². The number of furan rings is 1. The molecule has 2 N–H and O–H groups in total. The molecule has 0 radical (unpaired) electrons. The van der Waals surface area contributed by atoms with Crippen molar-refractivity contribution in [3.63, 3.8) is 0 Å². The number of pyridine rings is 1. The summed E-state index contributed by atoms with van der Waals surface area (Å²) in [5.41, 5.74) is 4.52. The van der Waals surface area contributed by atoms with Crippen LogP contribution in [0.4, 0.5) is 5.69 Å². The van der Waals surface area contributed by atoms with Crippen LogP contribution in [0.15, 0.2) is 47.2 Å². The lowest BCUT2D eigenvalue weighted by atomic mass is 10.2. The molecule has 0 aliphatic rings. The number of aromatic amines is 1. The number of H-pyrrole nitrogens is 1. The second-order valence-corrected chi connectivity index (χ2v) is 6.46. The summed E-state index contributed by atoms with van der Waals surface area (Å²) in [5.74, 6) is 0.556. The number of nitrogens with zero attached hydrogens (tertiary/aromatic N) is 2. The molecule has 26 heavy (non-hydrogen) atoms. The number of amides is 1. The second kappa shape index (κ2) is 6.31. The van der Waals surface area contributed by atoms with Gasteiger partial charge in [0.25, 0.3) is 5.91 Å². The van der Waals surface area contributed by atoms with Gasteiger partial charge in [0.05, 0.1) is 16.8 Å². The number of carbonyl (C=O) groups excluding carboxylic acids is 1. The monoisotopic (exact) mass is 366 g/mol. The van der Waals surface area contributed by atoms with Gasteiger partial charge in [-0.25, -0.2) is 9.97 Å². The van der Waals surface area contributed by atoms with Crippen molar-refractivity contribution in [1.82, 2.24) is 15.0 Å². The number of halogens is 1. The van der Waals surface area contributed by atoms with Gasteiger partial charge in [-0.05, 0) is 49.7 Å². The van der Waals surface area contributed by atoms with Crippen LogP contribution in [0.3, 0.4) is 0 Å². The predicted octanol–water partition coefficient (Wildman–Crippen LogP) is 4.74. The molecule has 0 bridgehead atoms. The van der Waals surface area contributed by atoms with E-state index in [1.807, 2.05) is 19.9 Å². The average Bonchev–Trinajstić information content (AvgIpc) is 3.22. The predicted molar refractivity (Wildman–Crippen MR) is 100 cm³/mol. The van der Waals surface area contributed by atoms with Gasteiger partial charge in [0, 0.05) is 23.0 Å². The molecule has 0 fully saturated rings. The van der Waals surface area contributed by atoms with Crippen LogP contribution in [0.25, 0.3) is 22.6 Å². The Morgan fingerprint density at radius 2 is 2.08 bits per heavy atom. The fraction of sp³-hybridized carbons (Fsp3) is 0.105. The van der Waals surface area contributed by atoms with E-state index in [1.165, 1.54) is 6.26 Å². The summed E-state index contributed by atoms with van der Waals surface area (Å²) in [7, 11) is 0. The maximum atomic E-state index is 12.3. The summed E-state index contributed by atoms with van der Waals surface area (Å²) < 4.78 is 5.22. The molecule has 0 aliphatic carbocycles. The molecule has 4 aromatic rings. The Labute approximate surface area is 154 Å². The molecule has 0 saturated carbocycles. The van der Waals surface area contributed by atoms with E-state index in [-0.39, 0.29) is 11.7 Å². The number of hydrogen-bond donors (Lipinski definition) is 2. The van der Waals surface area contributed by atoms with Crippen LogP contribution in [0.2, 0.25) is 5.02 Å². The Morgan fingerprint density at radius 1 is 1.23 bits per heavy atom. The fourth-order valence-corrected chi connectivity index (χ4v) is 2.92. The topological polar surface area (TPSA) is 83.8 Å². The van der Waals surface area contributed by atoms with Crippen LogP contribution < -0.4 is 5.32 Å². The zero-order chi connectivity index (χ0) is 18.3. The van der Waals surface area contributed by atoms with Gasteiger partial charge in [-0.15, -0.1) is 0 Å². The van der Waals surface area contributed by atoms with Crippen molar-refractivity contribution in [3.05, 3.63) is 64.7 Å². The van der Waals surface area contributed by atoms with E-state index >= 15 is 0 Å². The minimum atomic E-state index is -0.317. The smallest absolute Gasteiger partial charge is 0.291 e. The number of imidazole rings is 1. The highest BCUT2D eigenvalue weighted by Crippen LogP contribution is 2.30. The summed E-state index contributed by atoms with van der Waals surface area (Å²) >= 11 is 6.34. The van der Waals surface area contributed by atoms with Gasteiger partial charge in [0.1, 0.15) is 5.82 Å². The zero-order valence-corrected chi connectivity index (χ0v) is 14.9. The third-order valence-electron chi connectivity index (χ3n) is 4.02. The van der Waals surface area contributed by atoms with Crippen molar-refractivity contribution in [2.75, 3.05) is 5.32 Å². The molecular weight excluding hydrogens is 352 g/mol. The van der Waals surface area contributed by atoms with Crippen LogP contribution in [-0.4, -0.2) is 20.9 Å². The third kappa shape index (κ3) is 2.95.